The van der Waals surface area contributed by atoms with Crippen LogP contribution in [0.3, 0.4) is 0 Å². The molecule has 1 saturated heterocycles. The molecule has 0 aliphatic carbocycles. The summed E-state index contributed by atoms with van der Waals surface area (Å²) < 4.78 is 5.03. The summed E-state index contributed by atoms with van der Waals surface area (Å²) in [5, 5.41) is 12.5. The number of hydrogen-bond acceptors (Lipinski definition) is 4. The third kappa shape index (κ3) is 8.50. The van der Waals surface area contributed by atoms with Gasteiger partial charge in [-0.15, -0.1) is 0 Å². The Balaban J connectivity index is 2.33. The van der Waals surface area contributed by atoms with E-state index in [9.17, 15) is 9.59 Å². The fourth-order valence-corrected chi connectivity index (χ4v) is 2.09. The van der Waals surface area contributed by atoms with E-state index in [2.05, 4.69) is 10.6 Å². The summed E-state index contributed by atoms with van der Waals surface area (Å²) in [6, 6.07) is 0. The number of nitrogens with one attached hydrogen (secondary N) is 3. The maximum atomic E-state index is 11.5. The van der Waals surface area contributed by atoms with Crippen molar-refractivity contribution in [3.63, 3.8) is 0 Å². The van der Waals surface area contributed by atoms with Gasteiger partial charge in [-0.3, -0.25) is 20.3 Å². The highest BCUT2D eigenvalue weighted by Crippen LogP contribution is 2.09. The van der Waals surface area contributed by atoms with Gasteiger partial charge in [-0.1, -0.05) is 38.5 Å². The number of hydrogen-bond donors (Lipinski definition) is 3. The van der Waals surface area contributed by atoms with Crippen molar-refractivity contribution in [3.8, 4) is 0 Å². The van der Waals surface area contributed by atoms with Crippen molar-refractivity contribution in [1.82, 2.24) is 10.6 Å². The Hall–Kier alpha value is -1.59. The van der Waals surface area contributed by atoms with Crippen molar-refractivity contribution in [2.24, 2.45) is 0 Å². The first-order chi connectivity index (χ1) is 9.68. The second kappa shape index (κ2) is 10.2. The zero-order valence-corrected chi connectivity index (χ0v) is 12.0. The molecule has 0 radical (unpaired) electrons. The molecule has 6 nitrogen and oxygen atoms in total. The van der Waals surface area contributed by atoms with Crippen molar-refractivity contribution in [2.45, 2.75) is 57.8 Å². The van der Waals surface area contributed by atoms with Crippen LogP contribution in [0.15, 0.2) is 0 Å². The number of esters is 1. The summed E-state index contributed by atoms with van der Waals surface area (Å²) in [6.45, 7) is 0.347. The molecule has 0 atom stereocenters. The molecule has 1 aliphatic rings. The number of carbonyl (C=O) groups excluding carboxylic acids is 2. The summed E-state index contributed by atoms with van der Waals surface area (Å²) in [6.07, 6.45) is 9.01. The predicted molar refractivity (Wildman–Crippen MR) is 76.4 cm³/mol. The van der Waals surface area contributed by atoms with Gasteiger partial charge in [-0.05, 0) is 12.8 Å². The van der Waals surface area contributed by atoms with E-state index in [1.165, 1.54) is 19.3 Å². The molecular formula is C14H25N3O3. The molecule has 0 bridgehead atoms. The zero-order valence-electron chi connectivity index (χ0n) is 12.0. The van der Waals surface area contributed by atoms with E-state index in [1.54, 1.807) is 0 Å². The van der Waals surface area contributed by atoms with Crippen molar-refractivity contribution in [1.29, 1.82) is 5.41 Å². The second-order valence-electron chi connectivity index (χ2n) is 5.08. The smallest absolute Gasteiger partial charge is 0.325 e. The average molecular weight is 283 g/mol. The molecule has 20 heavy (non-hydrogen) atoms. The Kier molecular flexibility index (Phi) is 8.42. The van der Waals surface area contributed by atoms with Gasteiger partial charge in [0.05, 0.1) is 6.61 Å². The Morgan fingerprint density at radius 1 is 0.900 bits per heavy atom. The van der Waals surface area contributed by atoms with Gasteiger partial charge in [0.25, 0.3) is 0 Å². The Bertz CT molecular complexity index is 332. The van der Waals surface area contributed by atoms with Crippen LogP contribution in [0, 0.1) is 5.41 Å². The van der Waals surface area contributed by atoms with Crippen molar-refractivity contribution < 1.29 is 14.3 Å². The highest BCUT2D eigenvalue weighted by molar-refractivity contribution is 5.96. The lowest BCUT2D eigenvalue weighted by Crippen LogP contribution is -2.42. The van der Waals surface area contributed by atoms with Gasteiger partial charge in [0.1, 0.15) is 6.54 Å². The fraction of sp³-hybridized carbons (Fsp3) is 0.786. The van der Waals surface area contributed by atoms with E-state index >= 15 is 0 Å². The maximum Gasteiger partial charge on any atom is 0.325 e. The summed E-state index contributed by atoms with van der Waals surface area (Å²) in [4.78, 5) is 22.9. The van der Waals surface area contributed by atoms with Crippen LogP contribution in [0.25, 0.3) is 0 Å². The highest BCUT2D eigenvalue weighted by atomic mass is 16.5. The minimum atomic E-state index is -0.395. The zero-order chi connectivity index (χ0) is 14.6. The van der Waals surface area contributed by atoms with Gasteiger partial charge in [-0.2, -0.15) is 0 Å². The van der Waals surface area contributed by atoms with E-state index < -0.39 is 5.97 Å². The molecule has 114 valence electrons. The molecule has 3 N–H and O–H groups in total. The van der Waals surface area contributed by atoms with E-state index in [1.807, 2.05) is 0 Å². The quantitative estimate of drug-likeness (QED) is 0.590. The van der Waals surface area contributed by atoms with Crippen LogP contribution in [0.1, 0.15) is 57.8 Å². The minimum Gasteiger partial charge on any atom is -0.464 e. The van der Waals surface area contributed by atoms with E-state index in [0.717, 1.165) is 32.1 Å². The monoisotopic (exact) mass is 283 g/mol. The summed E-state index contributed by atoms with van der Waals surface area (Å²) in [7, 11) is 0. The SMILES string of the molecule is N=C1NCC(=O)OCCCCCCCCCCC(=O)N1. The Morgan fingerprint density at radius 3 is 2.20 bits per heavy atom. The molecule has 6 heteroatoms. The lowest BCUT2D eigenvalue weighted by Gasteiger charge is -2.09. The number of ether oxygens (including phenoxy) is 1. The summed E-state index contributed by atoms with van der Waals surface area (Å²) >= 11 is 0. The van der Waals surface area contributed by atoms with Crippen LogP contribution < -0.4 is 10.6 Å². The molecule has 0 aromatic carbocycles. The number of rotatable bonds is 0. The van der Waals surface area contributed by atoms with Crippen molar-refractivity contribution in [3.05, 3.63) is 0 Å². The molecule has 0 aromatic heterocycles. The molecule has 0 saturated carbocycles. The molecule has 1 aliphatic heterocycles. The second-order valence-corrected chi connectivity index (χ2v) is 5.08. The normalized spacial score (nSPS) is 21.3. The van der Waals surface area contributed by atoms with Crippen LogP contribution in [0.5, 0.6) is 0 Å². The molecular weight excluding hydrogens is 258 g/mol. The fourth-order valence-electron chi connectivity index (χ4n) is 2.09. The highest BCUT2D eigenvalue weighted by Gasteiger charge is 2.07. The molecule has 1 heterocycles. The van der Waals surface area contributed by atoms with Crippen LogP contribution in [-0.2, 0) is 14.3 Å². The average Bonchev–Trinajstić information content (AvgIpc) is 2.41. The van der Waals surface area contributed by atoms with Gasteiger partial charge in [0, 0.05) is 6.42 Å². The van der Waals surface area contributed by atoms with E-state index in [-0.39, 0.29) is 18.4 Å². The molecule has 1 fully saturated rings. The molecule has 0 unspecified atom stereocenters. The standard InChI is InChI=1S/C14H25N3O3/c15-14-16-11-13(19)20-10-8-6-4-2-1-3-5-7-9-12(18)17-14/h1-11H2,(H3,15,16,17,18). The van der Waals surface area contributed by atoms with Crippen molar-refractivity contribution in [2.75, 3.05) is 13.2 Å². The van der Waals surface area contributed by atoms with E-state index in [0.29, 0.717) is 13.0 Å². The van der Waals surface area contributed by atoms with Crippen LogP contribution in [0.4, 0.5) is 0 Å². The largest absolute Gasteiger partial charge is 0.464 e. The first-order valence-electron chi connectivity index (χ1n) is 7.46. The summed E-state index contributed by atoms with van der Waals surface area (Å²) in [5.74, 6) is -0.718. The van der Waals surface area contributed by atoms with Gasteiger partial charge in [0.2, 0.25) is 5.91 Å². The predicted octanol–water partition coefficient (Wildman–Crippen LogP) is 1.69. The maximum absolute atomic E-state index is 11.5. The number of guanidine groups is 1. The van der Waals surface area contributed by atoms with Crippen molar-refractivity contribution >= 4 is 17.8 Å². The Morgan fingerprint density at radius 2 is 1.50 bits per heavy atom. The number of cyclic esters (lactones) is 1. The number of carbonyl (C=O) groups is 2. The van der Waals surface area contributed by atoms with Gasteiger partial charge in [0.15, 0.2) is 5.96 Å². The Labute approximate surface area is 120 Å². The van der Waals surface area contributed by atoms with Gasteiger partial charge >= 0.3 is 5.97 Å². The number of amides is 1. The third-order valence-electron chi connectivity index (χ3n) is 3.24. The molecule has 1 rings (SSSR count). The minimum absolute atomic E-state index is 0.0842. The molecule has 0 spiro atoms. The lowest BCUT2D eigenvalue weighted by atomic mass is 10.1. The third-order valence-corrected chi connectivity index (χ3v) is 3.24. The summed E-state index contributed by atoms with van der Waals surface area (Å²) in [5.41, 5.74) is 0. The van der Waals surface area contributed by atoms with Crippen LogP contribution >= 0.6 is 0 Å². The molecule has 1 amide bonds. The first-order valence-corrected chi connectivity index (χ1v) is 7.46. The van der Waals surface area contributed by atoms with Gasteiger partial charge < -0.3 is 10.1 Å². The lowest BCUT2D eigenvalue weighted by molar-refractivity contribution is -0.142. The van der Waals surface area contributed by atoms with Gasteiger partial charge in [-0.25, -0.2) is 0 Å². The first kappa shape index (κ1) is 16.5. The molecule has 0 aromatic rings. The van der Waals surface area contributed by atoms with Crippen LogP contribution in [-0.4, -0.2) is 31.0 Å². The topological polar surface area (TPSA) is 91.3 Å². The van der Waals surface area contributed by atoms with E-state index in [4.69, 9.17) is 10.1 Å². The van der Waals surface area contributed by atoms with Crippen LogP contribution in [0.2, 0.25) is 0 Å².